The fourth-order valence-electron chi connectivity index (χ4n) is 1.66. The van der Waals surface area contributed by atoms with Gasteiger partial charge < -0.3 is 4.90 Å². The van der Waals surface area contributed by atoms with Crippen molar-refractivity contribution in [3.63, 3.8) is 0 Å². The Kier molecular flexibility index (Phi) is 5.20. The molecule has 1 aromatic heterocycles. The second-order valence-corrected chi connectivity index (χ2v) is 6.57. The van der Waals surface area contributed by atoms with Crippen LogP contribution in [0.25, 0.3) is 0 Å². The third-order valence-corrected chi connectivity index (χ3v) is 4.96. The van der Waals surface area contributed by atoms with Gasteiger partial charge in [-0.25, -0.2) is 4.39 Å². The van der Waals surface area contributed by atoms with Gasteiger partial charge in [0.2, 0.25) is 5.91 Å². The standard InChI is InChI=1S/C15H16FNOS2/c1-11-7-8-19-14(11)9-17(2)15(18)10-20-13-5-3-12(16)4-6-13/h3-8H,9-10H2,1-2H3. The molecular formula is C15H16FNOS2. The van der Waals surface area contributed by atoms with Crippen LogP contribution in [-0.4, -0.2) is 23.6 Å². The summed E-state index contributed by atoms with van der Waals surface area (Å²) >= 11 is 3.10. The fourth-order valence-corrected chi connectivity index (χ4v) is 3.45. The lowest BCUT2D eigenvalue weighted by molar-refractivity contribution is -0.127. The molecule has 0 unspecified atom stereocenters. The Morgan fingerprint density at radius 2 is 2.00 bits per heavy atom. The molecule has 0 aliphatic rings. The molecule has 0 bridgehead atoms. The number of carbonyl (C=O) groups excluding carboxylic acids is 1. The zero-order valence-electron chi connectivity index (χ0n) is 11.4. The first-order valence-corrected chi connectivity index (χ1v) is 8.08. The van der Waals surface area contributed by atoms with Crippen molar-refractivity contribution in [3.05, 3.63) is 52.0 Å². The molecule has 0 fully saturated rings. The number of nitrogens with zero attached hydrogens (tertiary/aromatic N) is 1. The molecule has 2 aromatic rings. The molecule has 0 saturated carbocycles. The lowest BCUT2D eigenvalue weighted by Gasteiger charge is -2.16. The van der Waals surface area contributed by atoms with E-state index in [0.717, 1.165) is 4.90 Å². The summed E-state index contributed by atoms with van der Waals surface area (Å²) in [6, 6.07) is 8.26. The molecule has 2 nitrogen and oxygen atoms in total. The van der Waals surface area contributed by atoms with Crippen LogP contribution in [0.4, 0.5) is 4.39 Å². The second kappa shape index (κ2) is 6.90. The van der Waals surface area contributed by atoms with Gasteiger partial charge in [-0.05, 0) is 48.2 Å². The molecule has 1 heterocycles. The maximum absolute atomic E-state index is 12.8. The van der Waals surface area contributed by atoms with Crippen molar-refractivity contribution in [2.75, 3.05) is 12.8 Å². The van der Waals surface area contributed by atoms with E-state index in [9.17, 15) is 9.18 Å². The molecule has 0 spiro atoms. The summed E-state index contributed by atoms with van der Waals surface area (Å²) in [5, 5.41) is 2.04. The summed E-state index contributed by atoms with van der Waals surface area (Å²) in [7, 11) is 1.81. The van der Waals surface area contributed by atoms with Crippen molar-refractivity contribution >= 4 is 29.0 Å². The molecule has 0 saturated heterocycles. The molecule has 0 atom stereocenters. The van der Waals surface area contributed by atoms with Crippen LogP contribution in [0.2, 0.25) is 0 Å². The quantitative estimate of drug-likeness (QED) is 0.780. The molecule has 5 heteroatoms. The molecule has 1 amide bonds. The number of aryl methyl sites for hydroxylation is 1. The average molecular weight is 309 g/mol. The molecule has 106 valence electrons. The fraction of sp³-hybridized carbons (Fsp3) is 0.267. The van der Waals surface area contributed by atoms with Crippen LogP contribution < -0.4 is 0 Å². The topological polar surface area (TPSA) is 20.3 Å². The van der Waals surface area contributed by atoms with Crippen LogP contribution in [0.3, 0.4) is 0 Å². The van der Waals surface area contributed by atoms with Crippen molar-refractivity contribution in [2.24, 2.45) is 0 Å². The van der Waals surface area contributed by atoms with Gasteiger partial charge >= 0.3 is 0 Å². The van der Waals surface area contributed by atoms with Gasteiger partial charge in [-0.3, -0.25) is 4.79 Å². The zero-order valence-corrected chi connectivity index (χ0v) is 13.1. The van der Waals surface area contributed by atoms with Crippen LogP contribution >= 0.6 is 23.1 Å². The molecule has 0 radical (unpaired) electrons. The molecule has 0 aliphatic heterocycles. The average Bonchev–Trinajstić information content (AvgIpc) is 2.83. The van der Waals surface area contributed by atoms with Crippen LogP contribution in [0.5, 0.6) is 0 Å². The number of thiophene rings is 1. The van der Waals surface area contributed by atoms with Gasteiger partial charge in [0.15, 0.2) is 0 Å². The Hall–Kier alpha value is -1.33. The highest BCUT2D eigenvalue weighted by Crippen LogP contribution is 2.20. The Labute approximate surface area is 126 Å². The molecule has 1 aromatic carbocycles. The summed E-state index contributed by atoms with van der Waals surface area (Å²) in [6.07, 6.45) is 0. The minimum atomic E-state index is -0.258. The largest absolute Gasteiger partial charge is 0.340 e. The van der Waals surface area contributed by atoms with Crippen molar-refractivity contribution in [2.45, 2.75) is 18.4 Å². The lowest BCUT2D eigenvalue weighted by atomic mass is 10.3. The highest BCUT2D eigenvalue weighted by Gasteiger charge is 2.11. The van der Waals surface area contributed by atoms with E-state index in [0.29, 0.717) is 12.3 Å². The van der Waals surface area contributed by atoms with E-state index in [1.54, 1.807) is 28.4 Å². The zero-order chi connectivity index (χ0) is 14.5. The summed E-state index contributed by atoms with van der Waals surface area (Å²) in [5.74, 6) is 0.185. The Bertz CT molecular complexity index is 580. The van der Waals surface area contributed by atoms with E-state index in [-0.39, 0.29) is 11.7 Å². The van der Waals surface area contributed by atoms with Gasteiger partial charge in [0, 0.05) is 16.8 Å². The summed E-state index contributed by atoms with van der Waals surface area (Å²) < 4.78 is 12.8. The summed E-state index contributed by atoms with van der Waals surface area (Å²) in [6.45, 7) is 2.70. The number of halogens is 1. The van der Waals surface area contributed by atoms with Crippen LogP contribution in [0.15, 0.2) is 40.6 Å². The SMILES string of the molecule is Cc1ccsc1CN(C)C(=O)CSc1ccc(F)cc1. The number of benzene rings is 1. The first kappa shape index (κ1) is 15.1. The molecule has 0 N–H and O–H groups in total. The maximum Gasteiger partial charge on any atom is 0.233 e. The first-order chi connectivity index (χ1) is 9.56. The van der Waals surface area contributed by atoms with Crippen LogP contribution in [0, 0.1) is 12.7 Å². The Morgan fingerprint density at radius 3 is 2.60 bits per heavy atom. The van der Waals surface area contributed by atoms with Gasteiger partial charge in [-0.15, -0.1) is 23.1 Å². The molecule has 0 aliphatic carbocycles. The molecular weight excluding hydrogens is 293 g/mol. The Morgan fingerprint density at radius 1 is 1.30 bits per heavy atom. The van der Waals surface area contributed by atoms with Crippen molar-refractivity contribution in [3.8, 4) is 0 Å². The second-order valence-electron chi connectivity index (χ2n) is 4.52. The third kappa shape index (κ3) is 4.08. The summed E-state index contributed by atoms with van der Waals surface area (Å²) in [4.78, 5) is 15.9. The minimum absolute atomic E-state index is 0.0760. The predicted molar refractivity (Wildman–Crippen MR) is 82.7 cm³/mol. The van der Waals surface area contributed by atoms with E-state index >= 15 is 0 Å². The molecule has 20 heavy (non-hydrogen) atoms. The van der Waals surface area contributed by atoms with E-state index in [4.69, 9.17) is 0 Å². The van der Waals surface area contributed by atoms with Crippen LogP contribution in [0.1, 0.15) is 10.4 Å². The van der Waals surface area contributed by atoms with Crippen molar-refractivity contribution in [1.82, 2.24) is 4.90 Å². The van der Waals surface area contributed by atoms with Crippen molar-refractivity contribution in [1.29, 1.82) is 0 Å². The Balaban J connectivity index is 1.85. The monoisotopic (exact) mass is 309 g/mol. The van der Waals surface area contributed by atoms with E-state index in [1.807, 2.05) is 12.4 Å². The first-order valence-electron chi connectivity index (χ1n) is 6.21. The number of hydrogen-bond acceptors (Lipinski definition) is 3. The smallest absolute Gasteiger partial charge is 0.233 e. The highest BCUT2D eigenvalue weighted by atomic mass is 32.2. The lowest BCUT2D eigenvalue weighted by Crippen LogP contribution is -2.27. The predicted octanol–water partition coefficient (Wildman–Crippen LogP) is 3.95. The summed E-state index contributed by atoms with van der Waals surface area (Å²) in [5.41, 5.74) is 1.22. The van der Waals surface area contributed by atoms with Gasteiger partial charge in [-0.2, -0.15) is 0 Å². The van der Waals surface area contributed by atoms with E-state index < -0.39 is 0 Å². The molecule has 2 rings (SSSR count). The minimum Gasteiger partial charge on any atom is -0.340 e. The number of thioether (sulfide) groups is 1. The van der Waals surface area contributed by atoms with Gasteiger partial charge in [0.05, 0.1) is 12.3 Å². The van der Waals surface area contributed by atoms with Gasteiger partial charge in [0.25, 0.3) is 0 Å². The highest BCUT2D eigenvalue weighted by molar-refractivity contribution is 8.00. The van der Waals surface area contributed by atoms with Crippen molar-refractivity contribution < 1.29 is 9.18 Å². The third-order valence-electron chi connectivity index (χ3n) is 2.95. The number of hydrogen-bond donors (Lipinski definition) is 0. The maximum atomic E-state index is 12.8. The number of carbonyl (C=O) groups is 1. The van der Waals surface area contributed by atoms with Gasteiger partial charge in [0.1, 0.15) is 5.82 Å². The number of amides is 1. The number of rotatable bonds is 5. The van der Waals surface area contributed by atoms with Gasteiger partial charge in [-0.1, -0.05) is 0 Å². The van der Waals surface area contributed by atoms with E-state index in [2.05, 4.69) is 13.0 Å². The van der Waals surface area contributed by atoms with Crippen LogP contribution in [-0.2, 0) is 11.3 Å². The van der Waals surface area contributed by atoms with E-state index in [1.165, 1.54) is 34.3 Å². The normalized spacial score (nSPS) is 10.6.